The molecule has 2 heterocycles. The Kier molecular flexibility index (Phi) is 5.73. The Hall–Kier alpha value is -3.36. The fraction of sp³-hybridized carbons (Fsp3) is 0.519. The molecule has 3 aliphatic carbocycles. The maximum absolute atomic E-state index is 15.7. The van der Waals surface area contributed by atoms with Gasteiger partial charge in [0.25, 0.3) is 0 Å². The van der Waals surface area contributed by atoms with Crippen molar-refractivity contribution < 1.29 is 14.2 Å². The molecule has 0 spiro atoms. The molecule has 4 atom stereocenters. The fourth-order valence-corrected chi connectivity index (χ4v) is 6.27. The van der Waals surface area contributed by atoms with Crippen LogP contribution < -0.4 is 9.64 Å². The number of benzene rings is 1. The van der Waals surface area contributed by atoms with Gasteiger partial charge in [-0.05, 0) is 67.6 Å². The van der Waals surface area contributed by atoms with E-state index in [2.05, 4.69) is 37.2 Å². The Morgan fingerprint density at radius 1 is 1.06 bits per heavy atom. The highest BCUT2D eigenvalue weighted by Gasteiger charge is 2.50. The minimum absolute atomic E-state index is 0.0359. The predicted molar refractivity (Wildman–Crippen MR) is 133 cm³/mol. The Bertz CT molecular complexity index is 1250. The van der Waals surface area contributed by atoms with Gasteiger partial charge < -0.3 is 14.7 Å². The molecule has 188 valence electrons. The van der Waals surface area contributed by atoms with Crippen LogP contribution in [0.4, 0.5) is 10.2 Å². The molecule has 2 aromatic heterocycles. The van der Waals surface area contributed by atoms with Crippen molar-refractivity contribution in [3.05, 3.63) is 36.7 Å². The van der Waals surface area contributed by atoms with Gasteiger partial charge in [-0.2, -0.15) is 5.10 Å². The summed E-state index contributed by atoms with van der Waals surface area (Å²) in [5.41, 5.74) is 2.21. The van der Waals surface area contributed by atoms with Gasteiger partial charge >= 0.3 is 0 Å². The third-order valence-corrected chi connectivity index (χ3v) is 8.15. The SMILES string of the molecule is COc1cc(-c2ccc(-c3ncc(N(C4CC4)[C@H]4C[C@]5(C)CCC[C@@H](C5)[C@H]4F)nn3)c(O)c2)cnn1. The number of hydrogen-bond donors (Lipinski definition) is 1. The van der Waals surface area contributed by atoms with Crippen molar-refractivity contribution in [1.29, 1.82) is 0 Å². The smallest absolute Gasteiger partial charge is 0.233 e. The first kappa shape index (κ1) is 23.1. The van der Waals surface area contributed by atoms with Crippen LogP contribution in [0.5, 0.6) is 11.6 Å². The summed E-state index contributed by atoms with van der Waals surface area (Å²) >= 11 is 0. The van der Waals surface area contributed by atoms with Gasteiger partial charge in [-0.15, -0.1) is 15.3 Å². The summed E-state index contributed by atoms with van der Waals surface area (Å²) in [6.45, 7) is 2.32. The van der Waals surface area contributed by atoms with Crippen molar-refractivity contribution in [2.75, 3.05) is 12.0 Å². The molecule has 36 heavy (non-hydrogen) atoms. The minimum atomic E-state index is -0.849. The molecular formula is C27H31FN6O2. The van der Waals surface area contributed by atoms with Gasteiger partial charge in [-0.1, -0.05) is 19.4 Å². The average Bonchev–Trinajstić information content (AvgIpc) is 3.73. The van der Waals surface area contributed by atoms with E-state index in [0.29, 0.717) is 29.1 Å². The van der Waals surface area contributed by atoms with E-state index in [9.17, 15) is 5.11 Å². The molecule has 0 aliphatic heterocycles. The van der Waals surface area contributed by atoms with Crippen molar-refractivity contribution >= 4 is 5.82 Å². The van der Waals surface area contributed by atoms with Crippen LogP contribution in [0.3, 0.4) is 0 Å². The standard InChI is InChI=1S/C27H31FN6O2/c1-27-9-3-4-17(12-27)25(28)21(13-27)34(19-6-7-19)23-15-29-26(33-31-23)20-8-5-16(10-22(20)35)18-11-24(36-2)32-30-14-18/h5,8,10-11,14-15,17,19,21,25,35H,3-4,6-7,9,12-13H2,1-2H3/t17-,21-,25+,27+/m0/s1. The van der Waals surface area contributed by atoms with Crippen molar-refractivity contribution in [3.63, 3.8) is 0 Å². The minimum Gasteiger partial charge on any atom is -0.507 e. The molecule has 6 rings (SSSR count). The molecule has 0 amide bonds. The van der Waals surface area contributed by atoms with E-state index < -0.39 is 6.17 Å². The second-order valence-corrected chi connectivity index (χ2v) is 10.9. The number of aromatic nitrogens is 5. The number of nitrogens with zero attached hydrogens (tertiary/aromatic N) is 6. The van der Waals surface area contributed by atoms with Gasteiger partial charge in [0, 0.05) is 17.7 Å². The molecule has 3 fully saturated rings. The predicted octanol–water partition coefficient (Wildman–Crippen LogP) is 4.99. The normalized spacial score (nSPS) is 27.5. The van der Waals surface area contributed by atoms with Crippen LogP contribution in [0.25, 0.3) is 22.5 Å². The zero-order chi connectivity index (χ0) is 24.9. The van der Waals surface area contributed by atoms with Crippen molar-refractivity contribution in [3.8, 4) is 34.1 Å². The highest BCUT2D eigenvalue weighted by molar-refractivity contribution is 5.72. The summed E-state index contributed by atoms with van der Waals surface area (Å²) in [5.74, 6) is 1.52. The first-order valence-electron chi connectivity index (χ1n) is 12.8. The number of methoxy groups -OCH3 is 1. The van der Waals surface area contributed by atoms with E-state index in [4.69, 9.17) is 4.74 Å². The maximum Gasteiger partial charge on any atom is 0.233 e. The molecular weight excluding hydrogens is 459 g/mol. The number of phenols is 1. The van der Waals surface area contributed by atoms with Gasteiger partial charge in [-0.25, -0.2) is 9.37 Å². The van der Waals surface area contributed by atoms with Crippen molar-refractivity contribution in [2.24, 2.45) is 11.3 Å². The van der Waals surface area contributed by atoms with Crippen LogP contribution in [0.15, 0.2) is 36.7 Å². The third-order valence-electron chi connectivity index (χ3n) is 8.15. The molecule has 8 nitrogen and oxygen atoms in total. The van der Waals surface area contributed by atoms with Gasteiger partial charge in [-0.3, -0.25) is 0 Å². The molecule has 0 unspecified atom stereocenters. The van der Waals surface area contributed by atoms with E-state index in [1.54, 1.807) is 30.6 Å². The Morgan fingerprint density at radius 2 is 1.92 bits per heavy atom. The molecule has 3 saturated carbocycles. The Morgan fingerprint density at radius 3 is 2.64 bits per heavy atom. The van der Waals surface area contributed by atoms with Crippen molar-refractivity contribution in [2.45, 2.75) is 70.1 Å². The average molecular weight is 491 g/mol. The highest BCUT2D eigenvalue weighted by atomic mass is 19.1. The number of rotatable bonds is 6. The summed E-state index contributed by atoms with van der Waals surface area (Å²) in [7, 11) is 1.53. The number of anilines is 1. The lowest BCUT2D eigenvalue weighted by Crippen LogP contribution is -2.54. The first-order valence-corrected chi connectivity index (χ1v) is 12.8. The Labute approximate surface area is 210 Å². The lowest BCUT2D eigenvalue weighted by molar-refractivity contribution is 0.00942. The van der Waals surface area contributed by atoms with Gasteiger partial charge in [0.2, 0.25) is 5.88 Å². The molecule has 1 aromatic carbocycles. The number of ether oxygens (including phenoxy) is 1. The van der Waals surface area contributed by atoms with E-state index in [1.165, 1.54) is 13.5 Å². The van der Waals surface area contributed by atoms with Crippen LogP contribution in [-0.2, 0) is 0 Å². The monoisotopic (exact) mass is 490 g/mol. The molecule has 1 N–H and O–H groups in total. The van der Waals surface area contributed by atoms with Crippen LogP contribution in [0, 0.1) is 11.3 Å². The highest BCUT2D eigenvalue weighted by Crippen LogP contribution is 2.52. The number of fused-ring (bicyclic) bond motifs is 2. The second-order valence-electron chi connectivity index (χ2n) is 10.9. The molecule has 3 aliphatic rings. The second kappa shape index (κ2) is 8.94. The van der Waals surface area contributed by atoms with Crippen LogP contribution >= 0.6 is 0 Å². The number of hydrogen-bond acceptors (Lipinski definition) is 8. The third kappa shape index (κ3) is 4.24. The summed E-state index contributed by atoms with van der Waals surface area (Å²) in [6, 6.07) is 7.12. The first-order chi connectivity index (χ1) is 17.4. The molecule has 0 saturated heterocycles. The van der Waals surface area contributed by atoms with E-state index in [1.807, 2.05) is 6.07 Å². The summed E-state index contributed by atoms with van der Waals surface area (Å²) in [5, 5.41) is 27.4. The number of aromatic hydroxyl groups is 1. The van der Waals surface area contributed by atoms with E-state index in [-0.39, 0.29) is 23.1 Å². The van der Waals surface area contributed by atoms with E-state index >= 15 is 4.39 Å². The molecule has 9 heteroatoms. The largest absolute Gasteiger partial charge is 0.507 e. The lowest BCUT2D eigenvalue weighted by atomic mass is 9.60. The quantitative estimate of drug-likeness (QED) is 0.516. The van der Waals surface area contributed by atoms with Crippen LogP contribution in [0.1, 0.15) is 51.9 Å². The lowest BCUT2D eigenvalue weighted by Gasteiger charge is -2.51. The summed E-state index contributed by atoms with van der Waals surface area (Å²) in [6.07, 6.45) is 9.65. The summed E-state index contributed by atoms with van der Waals surface area (Å²) in [4.78, 5) is 6.70. The fourth-order valence-electron chi connectivity index (χ4n) is 6.27. The Balaban J connectivity index is 1.26. The van der Waals surface area contributed by atoms with Crippen molar-refractivity contribution in [1.82, 2.24) is 25.4 Å². The van der Waals surface area contributed by atoms with Gasteiger partial charge in [0.15, 0.2) is 11.6 Å². The number of phenolic OH excluding ortho intramolecular Hbond substituents is 1. The van der Waals surface area contributed by atoms with Gasteiger partial charge in [0.1, 0.15) is 11.9 Å². The zero-order valence-corrected chi connectivity index (χ0v) is 20.6. The topological polar surface area (TPSA) is 97.2 Å². The summed E-state index contributed by atoms with van der Waals surface area (Å²) < 4.78 is 20.8. The van der Waals surface area contributed by atoms with Gasteiger partial charge in [0.05, 0.1) is 31.1 Å². The van der Waals surface area contributed by atoms with E-state index in [0.717, 1.165) is 49.7 Å². The van der Waals surface area contributed by atoms with Crippen LogP contribution in [0.2, 0.25) is 0 Å². The molecule has 2 bridgehead atoms. The molecule has 3 aromatic rings. The number of alkyl halides is 1. The maximum atomic E-state index is 15.7. The zero-order valence-electron chi connectivity index (χ0n) is 20.6. The number of halogens is 1. The van der Waals surface area contributed by atoms with Crippen LogP contribution in [-0.4, -0.2) is 55.9 Å². The molecule has 0 radical (unpaired) electrons.